The second-order valence-corrected chi connectivity index (χ2v) is 5.84. The number of hydrogen-bond acceptors (Lipinski definition) is 3. The van der Waals surface area contributed by atoms with E-state index in [2.05, 4.69) is 0 Å². The molecule has 0 radical (unpaired) electrons. The van der Waals surface area contributed by atoms with E-state index in [4.69, 9.17) is 23.2 Å². The first-order valence-electron chi connectivity index (χ1n) is 6.89. The van der Waals surface area contributed by atoms with Gasteiger partial charge in [0, 0.05) is 27.9 Å². The lowest BCUT2D eigenvalue weighted by Crippen LogP contribution is -2.15. The second-order valence-electron chi connectivity index (χ2n) is 5.00. The minimum Gasteiger partial charge on any atom is -0.294 e. The van der Waals surface area contributed by atoms with Crippen molar-refractivity contribution in [2.75, 3.05) is 0 Å². The van der Waals surface area contributed by atoms with Crippen LogP contribution in [0.3, 0.4) is 0 Å². The number of carbonyl (C=O) groups is 1. The molecule has 2 rings (SSSR count). The molecule has 0 bridgehead atoms. The fraction of sp³-hybridized carbons (Fsp3) is 0.167. The van der Waals surface area contributed by atoms with Gasteiger partial charge in [-0.3, -0.25) is 4.79 Å². The average Bonchev–Trinajstić information content (AvgIpc) is 2.56. The number of halogens is 2. The first-order chi connectivity index (χ1) is 11.1. The van der Waals surface area contributed by atoms with E-state index < -0.39 is 11.8 Å². The summed E-state index contributed by atoms with van der Waals surface area (Å²) in [4.78, 5) is 12.5. The summed E-state index contributed by atoms with van der Waals surface area (Å²) in [5.74, 6) is -1.70. The molecular weight excluding hydrogens is 331 g/mol. The van der Waals surface area contributed by atoms with Crippen LogP contribution >= 0.6 is 23.2 Å². The lowest BCUT2D eigenvalue weighted by Gasteiger charge is -2.18. The standard InChI is InChI=1S/C18H12Cl2N2O/c19-14-7-5-12(6-8-14)18(23)9-16(13(10-21)11-22)15-3-1-2-4-17(15)20/h1-8,13,16H,9H2/t16-/m0/s1. The normalized spacial score (nSPS) is 11.5. The molecule has 0 aliphatic carbocycles. The molecule has 0 saturated heterocycles. The molecule has 114 valence electrons. The minimum absolute atomic E-state index is 0.0250. The molecule has 5 heteroatoms. The van der Waals surface area contributed by atoms with Gasteiger partial charge >= 0.3 is 0 Å². The second kappa shape index (κ2) is 7.79. The lowest BCUT2D eigenvalue weighted by atomic mass is 9.82. The van der Waals surface area contributed by atoms with Gasteiger partial charge in [0.2, 0.25) is 0 Å². The number of hydrogen-bond donors (Lipinski definition) is 0. The molecule has 2 aromatic carbocycles. The molecule has 3 nitrogen and oxygen atoms in total. The highest BCUT2D eigenvalue weighted by atomic mass is 35.5. The number of nitrogens with zero attached hydrogens (tertiary/aromatic N) is 2. The van der Waals surface area contributed by atoms with Crippen LogP contribution in [0, 0.1) is 28.6 Å². The van der Waals surface area contributed by atoms with Crippen molar-refractivity contribution in [3.05, 3.63) is 69.7 Å². The Morgan fingerprint density at radius 1 is 1.00 bits per heavy atom. The smallest absolute Gasteiger partial charge is 0.163 e. The molecule has 2 aromatic rings. The molecule has 23 heavy (non-hydrogen) atoms. The zero-order chi connectivity index (χ0) is 16.8. The van der Waals surface area contributed by atoms with Crippen molar-refractivity contribution in [1.29, 1.82) is 10.5 Å². The molecular formula is C18H12Cl2N2O. The van der Waals surface area contributed by atoms with Crippen molar-refractivity contribution >= 4 is 29.0 Å². The van der Waals surface area contributed by atoms with Gasteiger partial charge < -0.3 is 0 Å². The molecule has 0 heterocycles. The highest BCUT2D eigenvalue weighted by molar-refractivity contribution is 6.31. The number of rotatable bonds is 5. The maximum Gasteiger partial charge on any atom is 0.163 e. The van der Waals surface area contributed by atoms with E-state index >= 15 is 0 Å². The summed E-state index contributed by atoms with van der Waals surface area (Å²) in [7, 11) is 0. The van der Waals surface area contributed by atoms with Crippen LogP contribution in [0.25, 0.3) is 0 Å². The van der Waals surface area contributed by atoms with Crippen molar-refractivity contribution < 1.29 is 4.79 Å². The minimum atomic E-state index is -0.953. The Hall–Kier alpha value is -2.33. The predicted molar refractivity (Wildman–Crippen MR) is 89.3 cm³/mol. The van der Waals surface area contributed by atoms with E-state index in [1.54, 1.807) is 48.5 Å². The molecule has 0 saturated carbocycles. The van der Waals surface area contributed by atoms with Gasteiger partial charge in [-0.1, -0.05) is 41.4 Å². The van der Waals surface area contributed by atoms with Crippen LogP contribution in [0.2, 0.25) is 10.0 Å². The van der Waals surface area contributed by atoms with Crippen molar-refractivity contribution in [2.45, 2.75) is 12.3 Å². The van der Waals surface area contributed by atoms with Crippen molar-refractivity contribution in [1.82, 2.24) is 0 Å². The van der Waals surface area contributed by atoms with E-state index in [0.29, 0.717) is 21.2 Å². The van der Waals surface area contributed by atoms with E-state index in [9.17, 15) is 15.3 Å². The monoisotopic (exact) mass is 342 g/mol. The van der Waals surface area contributed by atoms with Gasteiger partial charge in [0.15, 0.2) is 5.78 Å². The van der Waals surface area contributed by atoms with Crippen LogP contribution in [0.15, 0.2) is 48.5 Å². The molecule has 0 aromatic heterocycles. The third-order valence-corrected chi connectivity index (χ3v) is 4.15. The highest BCUT2D eigenvalue weighted by Gasteiger charge is 2.27. The van der Waals surface area contributed by atoms with Gasteiger partial charge in [-0.05, 0) is 35.9 Å². The SMILES string of the molecule is N#CC(C#N)[C@H](CC(=O)c1ccc(Cl)cc1)c1ccccc1Cl. The first kappa shape index (κ1) is 17.0. The summed E-state index contributed by atoms with van der Waals surface area (Å²) in [6.07, 6.45) is 0.0250. The number of Topliss-reactive ketones (excluding diaryl/α,β-unsaturated/α-hetero) is 1. The van der Waals surface area contributed by atoms with Crippen LogP contribution < -0.4 is 0 Å². The number of benzene rings is 2. The van der Waals surface area contributed by atoms with Crippen LogP contribution in [-0.2, 0) is 0 Å². The fourth-order valence-corrected chi connectivity index (χ4v) is 2.75. The molecule has 0 amide bonds. The van der Waals surface area contributed by atoms with E-state index in [-0.39, 0.29) is 12.2 Å². The van der Waals surface area contributed by atoms with Crippen LogP contribution in [0.5, 0.6) is 0 Å². The Morgan fingerprint density at radius 3 is 2.17 bits per heavy atom. The third-order valence-electron chi connectivity index (χ3n) is 3.56. The van der Waals surface area contributed by atoms with Crippen molar-refractivity contribution in [2.24, 2.45) is 5.92 Å². The molecule has 0 fully saturated rings. The molecule has 0 aliphatic heterocycles. The van der Waals surface area contributed by atoms with E-state index in [0.717, 1.165) is 0 Å². The highest BCUT2D eigenvalue weighted by Crippen LogP contribution is 2.34. The van der Waals surface area contributed by atoms with Gasteiger partial charge in [-0.2, -0.15) is 10.5 Å². The summed E-state index contributed by atoms with van der Waals surface area (Å²) in [5, 5.41) is 19.4. The summed E-state index contributed by atoms with van der Waals surface area (Å²) in [5.41, 5.74) is 1.12. The Balaban J connectivity index is 2.34. The summed E-state index contributed by atoms with van der Waals surface area (Å²) >= 11 is 12.0. The Kier molecular flexibility index (Phi) is 5.77. The fourth-order valence-electron chi connectivity index (χ4n) is 2.35. The van der Waals surface area contributed by atoms with Gasteiger partial charge in [0.25, 0.3) is 0 Å². The molecule has 0 aliphatic rings. The van der Waals surface area contributed by atoms with Crippen LogP contribution in [-0.4, -0.2) is 5.78 Å². The van der Waals surface area contributed by atoms with Gasteiger partial charge in [0.05, 0.1) is 12.1 Å². The zero-order valence-corrected chi connectivity index (χ0v) is 13.6. The lowest BCUT2D eigenvalue weighted by molar-refractivity contribution is 0.0971. The van der Waals surface area contributed by atoms with E-state index in [1.807, 2.05) is 12.1 Å². The zero-order valence-electron chi connectivity index (χ0n) is 12.0. The Morgan fingerprint density at radius 2 is 1.61 bits per heavy atom. The quantitative estimate of drug-likeness (QED) is 0.717. The van der Waals surface area contributed by atoms with Gasteiger partial charge in [-0.25, -0.2) is 0 Å². The van der Waals surface area contributed by atoms with Crippen molar-refractivity contribution in [3.8, 4) is 12.1 Å². The first-order valence-corrected chi connectivity index (χ1v) is 7.65. The molecule has 0 N–H and O–H groups in total. The van der Waals surface area contributed by atoms with Crippen LogP contribution in [0.1, 0.15) is 28.3 Å². The summed E-state index contributed by atoms with van der Waals surface area (Å²) < 4.78 is 0. The Bertz CT molecular complexity index is 774. The van der Waals surface area contributed by atoms with Gasteiger partial charge in [0.1, 0.15) is 5.92 Å². The van der Waals surface area contributed by atoms with E-state index in [1.165, 1.54) is 0 Å². The predicted octanol–water partition coefficient (Wildman–Crippen LogP) is 5.01. The maximum absolute atomic E-state index is 12.5. The molecule has 0 spiro atoms. The van der Waals surface area contributed by atoms with Crippen LogP contribution in [0.4, 0.5) is 0 Å². The average molecular weight is 343 g/mol. The van der Waals surface area contributed by atoms with Gasteiger partial charge in [-0.15, -0.1) is 0 Å². The maximum atomic E-state index is 12.5. The summed E-state index contributed by atoms with van der Waals surface area (Å²) in [6, 6.07) is 17.4. The number of ketones is 1. The molecule has 0 unspecified atom stereocenters. The topological polar surface area (TPSA) is 64.7 Å². The third kappa shape index (κ3) is 4.11. The Labute approximate surface area is 144 Å². The van der Waals surface area contributed by atoms with Crippen molar-refractivity contribution in [3.63, 3.8) is 0 Å². The summed E-state index contributed by atoms with van der Waals surface area (Å²) in [6.45, 7) is 0. The largest absolute Gasteiger partial charge is 0.294 e. The molecule has 1 atom stereocenters. The number of nitriles is 2. The number of carbonyl (C=O) groups excluding carboxylic acids is 1.